The van der Waals surface area contributed by atoms with E-state index in [2.05, 4.69) is 20.3 Å². The summed E-state index contributed by atoms with van der Waals surface area (Å²) in [4.78, 5) is 23.7. The number of hydrogen-bond donors (Lipinski definition) is 2. The van der Waals surface area contributed by atoms with Crippen molar-refractivity contribution in [3.05, 3.63) is 47.8 Å². The SMILES string of the molecule is CC(C)c1ncc(NC(C)c2ccncc2)c(C(=O)O)n1. The number of nitrogens with zero attached hydrogens (tertiary/aromatic N) is 3. The van der Waals surface area contributed by atoms with E-state index in [1.807, 2.05) is 32.9 Å². The molecule has 0 aromatic carbocycles. The summed E-state index contributed by atoms with van der Waals surface area (Å²) >= 11 is 0. The summed E-state index contributed by atoms with van der Waals surface area (Å²) in [5.74, 6) is -0.465. The summed E-state index contributed by atoms with van der Waals surface area (Å²) in [6.07, 6.45) is 4.93. The number of aromatic nitrogens is 3. The van der Waals surface area contributed by atoms with Crippen LogP contribution in [0, 0.1) is 0 Å². The highest BCUT2D eigenvalue weighted by atomic mass is 16.4. The molecule has 110 valence electrons. The Bertz CT molecular complexity index is 629. The highest BCUT2D eigenvalue weighted by Crippen LogP contribution is 2.22. The molecular formula is C15H18N4O2. The predicted octanol–water partition coefficient (Wildman–Crippen LogP) is 2.87. The molecule has 6 heteroatoms. The van der Waals surface area contributed by atoms with Crippen LogP contribution in [0.15, 0.2) is 30.7 Å². The fourth-order valence-electron chi connectivity index (χ4n) is 1.91. The van der Waals surface area contributed by atoms with Crippen LogP contribution in [0.3, 0.4) is 0 Å². The number of nitrogens with one attached hydrogen (secondary N) is 1. The van der Waals surface area contributed by atoms with E-state index >= 15 is 0 Å². The van der Waals surface area contributed by atoms with Crippen LogP contribution in [0.25, 0.3) is 0 Å². The fourth-order valence-corrected chi connectivity index (χ4v) is 1.91. The van der Waals surface area contributed by atoms with Gasteiger partial charge in [-0.05, 0) is 24.6 Å². The molecular weight excluding hydrogens is 268 g/mol. The monoisotopic (exact) mass is 286 g/mol. The Balaban J connectivity index is 2.29. The lowest BCUT2D eigenvalue weighted by Crippen LogP contribution is -2.14. The largest absolute Gasteiger partial charge is 0.476 e. The molecule has 0 radical (unpaired) electrons. The number of aromatic carboxylic acids is 1. The van der Waals surface area contributed by atoms with Gasteiger partial charge >= 0.3 is 5.97 Å². The Kier molecular flexibility index (Phi) is 4.47. The molecule has 2 aromatic rings. The van der Waals surface area contributed by atoms with Crippen molar-refractivity contribution in [3.63, 3.8) is 0 Å². The molecule has 0 aliphatic heterocycles. The highest BCUT2D eigenvalue weighted by molar-refractivity contribution is 5.91. The Morgan fingerprint density at radius 3 is 2.48 bits per heavy atom. The summed E-state index contributed by atoms with van der Waals surface area (Å²) in [6.45, 7) is 5.79. The number of hydrogen-bond acceptors (Lipinski definition) is 5. The van der Waals surface area contributed by atoms with Crippen molar-refractivity contribution in [2.45, 2.75) is 32.7 Å². The molecule has 0 bridgehead atoms. The molecule has 0 spiro atoms. The maximum Gasteiger partial charge on any atom is 0.356 e. The molecule has 1 atom stereocenters. The Labute approximate surface area is 123 Å². The second-order valence-corrected chi connectivity index (χ2v) is 5.10. The minimum absolute atomic E-state index is 0.00499. The number of pyridine rings is 1. The maximum absolute atomic E-state index is 11.4. The molecule has 0 aliphatic carbocycles. The van der Waals surface area contributed by atoms with Crippen molar-refractivity contribution in [2.24, 2.45) is 0 Å². The Hall–Kier alpha value is -2.50. The predicted molar refractivity (Wildman–Crippen MR) is 79.4 cm³/mol. The number of carboxylic acid groups (broad SMARTS) is 1. The lowest BCUT2D eigenvalue weighted by molar-refractivity contribution is 0.0691. The molecule has 0 fully saturated rings. The van der Waals surface area contributed by atoms with Gasteiger partial charge in [-0.3, -0.25) is 4.98 Å². The molecule has 2 rings (SSSR count). The molecule has 2 heterocycles. The summed E-state index contributed by atoms with van der Waals surface area (Å²) in [7, 11) is 0. The molecule has 0 amide bonds. The first kappa shape index (κ1) is 14.9. The smallest absolute Gasteiger partial charge is 0.356 e. The fraction of sp³-hybridized carbons (Fsp3) is 0.333. The first-order chi connectivity index (χ1) is 9.99. The third kappa shape index (κ3) is 3.53. The normalized spacial score (nSPS) is 12.2. The van der Waals surface area contributed by atoms with Gasteiger partial charge in [-0.1, -0.05) is 13.8 Å². The minimum atomic E-state index is -1.07. The molecule has 0 saturated heterocycles. The number of anilines is 1. The van der Waals surface area contributed by atoms with E-state index in [-0.39, 0.29) is 17.7 Å². The molecule has 6 nitrogen and oxygen atoms in total. The maximum atomic E-state index is 11.4. The van der Waals surface area contributed by atoms with Crippen molar-refractivity contribution in [3.8, 4) is 0 Å². The minimum Gasteiger partial charge on any atom is -0.476 e. The number of carboxylic acids is 1. The summed E-state index contributed by atoms with van der Waals surface area (Å²) in [5, 5.41) is 12.5. The average Bonchev–Trinajstić information content (AvgIpc) is 2.48. The van der Waals surface area contributed by atoms with Gasteiger partial charge in [0, 0.05) is 24.4 Å². The van der Waals surface area contributed by atoms with E-state index in [0.29, 0.717) is 11.5 Å². The molecule has 21 heavy (non-hydrogen) atoms. The van der Waals surface area contributed by atoms with Gasteiger partial charge in [0.25, 0.3) is 0 Å². The molecule has 0 saturated carbocycles. The lowest BCUT2D eigenvalue weighted by Gasteiger charge is -2.17. The first-order valence-corrected chi connectivity index (χ1v) is 6.75. The third-order valence-corrected chi connectivity index (χ3v) is 3.10. The van der Waals surface area contributed by atoms with Gasteiger partial charge < -0.3 is 10.4 Å². The standard InChI is InChI=1S/C15H18N4O2/c1-9(2)14-17-8-12(13(19-14)15(20)21)18-10(3)11-4-6-16-7-5-11/h4-10,18H,1-3H3,(H,20,21). The van der Waals surface area contributed by atoms with E-state index in [4.69, 9.17) is 0 Å². The third-order valence-electron chi connectivity index (χ3n) is 3.10. The summed E-state index contributed by atoms with van der Waals surface area (Å²) in [5.41, 5.74) is 1.42. The van der Waals surface area contributed by atoms with Crippen LogP contribution in [-0.4, -0.2) is 26.0 Å². The van der Waals surface area contributed by atoms with Crippen LogP contribution >= 0.6 is 0 Å². The van der Waals surface area contributed by atoms with E-state index in [9.17, 15) is 9.90 Å². The van der Waals surface area contributed by atoms with Crippen LogP contribution in [-0.2, 0) is 0 Å². The molecule has 2 N–H and O–H groups in total. The van der Waals surface area contributed by atoms with Crippen molar-refractivity contribution >= 4 is 11.7 Å². The highest BCUT2D eigenvalue weighted by Gasteiger charge is 2.17. The van der Waals surface area contributed by atoms with E-state index < -0.39 is 5.97 Å². The summed E-state index contributed by atoms with van der Waals surface area (Å²) in [6, 6.07) is 3.68. The van der Waals surface area contributed by atoms with Gasteiger partial charge in [0.1, 0.15) is 5.82 Å². The topological polar surface area (TPSA) is 88.0 Å². The quantitative estimate of drug-likeness (QED) is 0.878. The van der Waals surface area contributed by atoms with E-state index in [0.717, 1.165) is 5.56 Å². The lowest BCUT2D eigenvalue weighted by atomic mass is 10.1. The zero-order valence-corrected chi connectivity index (χ0v) is 12.2. The van der Waals surface area contributed by atoms with Crippen molar-refractivity contribution in [2.75, 3.05) is 5.32 Å². The zero-order valence-electron chi connectivity index (χ0n) is 12.2. The van der Waals surface area contributed by atoms with Crippen LogP contribution < -0.4 is 5.32 Å². The van der Waals surface area contributed by atoms with Gasteiger partial charge in [-0.25, -0.2) is 14.8 Å². The molecule has 1 unspecified atom stereocenters. The number of rotatable bonds is 5. The van der Waals surface area contributed by atoms with E-state index in [1.54, 1.807) is 12.4 Å². The summed E-state index contributed by atoms with van der Waals surface area (Å²) < 4.78 is 0. The van der Waals surface area contributed by atoms with Gasteiger partial charge in [0.05, 0.1) is 11.9 Å². The molecule has 0 aliphatic rings. The van der Waals surface area contributed by atoms with Crippen molar-refractivity contribution in [1.82, 2.24) is 15.0 Å². The first-order valence-electron chi connectivity index (χ1n) is 6.75. The van der Waals surface area contributed by atoms with Crippen LogP contribution in [0.4, 0.5) is 5.69 Å². The van der Waals surface area contributed by atoms with Gasteiger partial charge in [-0.2, -0.15) is 0 Å². The average molecular weight is 286 g/mol. The Morgan fingerprint density at radius 1 is 1.24 bits per heavy atom. The number of carbonyl (C=O) groups is 1. The zero-order chi connectivity index (χ0) is 15.4. The van der Waals surface area contributed by atoms with Crippen molar-refractivity contribution < 1.29 is 9.90 Å². The van der Waals surface area contributed by atoms with E-state index in [1.165, 1.54) is 6.20 Å². The van der Waals surface area contributed by atoms with Crippen LogP contribution in [0.2, 0.25) is 0 Å². The van der Waals surface area contributed by atoms with Gasteiger partial charge in [0.15, 0.2) is 5.69 Å². The van der Waals surface area contributed by atoms with Crippen LogP contribution in [0.5, 0.6) is 0 Å². The van der Waals surface area contributed by atoms with Gasteiger partial charge in [0.2, 0.25) is 0 Å². The van der Waals surface area contributed by atoms with Gasteiger partial charge in [-0.15, -0.1) is 0 Å². The van der Waals surface area contributed by atoms with Crippen molar-refractivity contribution in [1.29, 1.82) is 0 Å². The van der Waals surface area contributed by atoms with Crippen LogP contribution in [0.1, 0.15) is 54.6 Å². The Morgan fingerprint density at radius 2 is 1.90 bits per heavy atom. The second kappa shape index (κ2) is 6.30. The molecule has 2 aromatic heterocycles. The second-order valence-electron chi connectivity index (χ2n) is 5.10.